The highest BCUT2D eigenvalue weighted by atomic mass is 19.1. The van der Waals surface area contributed by atoms with Crippen LogP contribution in [0.4, 0.5) is 14.9 Å². The van der Waals surface area contributed by atoms with Crippen molar-refractivity contribution in [2.45, 2.75) is 31.4 Å². The second kappa shape index (κ2) is 9.72. The van der Waals surface area contributed by atoms with Crippen LogP contribution in [0.2, 0.25) is 0 Å². The molecular weight excluding hydrogens is 437 g/mol. The molecule has 0 radical (unpaired) electrons. The molecule has 0 aromatic heterocycles. The highest BCUT2D eigenvalue weighted by Crippen LogP contribution is 2.36. The number of hydrogen-bond acceptors (Lipinski definition) is 5. The van der Waals surface area contributed by atoms with E-state index in [9.17, 15) is 14.0 Å². The second-order valence-electron chi connectivity index (χ2n) is 9.31. The summed E-state index contributed by atoms with van der Waals surface area (Å²) in [4.78, 5) is 31.8. The highest BCUT2D eigenvalue weighted by Gasteiger charge is 2.46. The predicted molar refractivity (Wildman–Crippen MR) is 125 cm³/mol. The maximum Gasteiger partial charge on any atom is 0.415 e. The topological polar surface area (TPSA) is 62.3 Å². The van der Waals surface area contributed by atoms with Crippen molar-refractivity contribution in [2.24, 2.45) is 0 Å². The van der Waals surface area contributed by atoms with E-state index in [1.54, 1.807) is 12.1 Å². The van der Waals surface area contributed by atoms with Gasteiger partial charge in [-0.2, -0.15) is 0 Å². The lowest BCUT2D eigenvalue weighted by Gasteiger charge is -2.28. The first-order valence-corrected chi connectivity index (χ1v) is 12.0. The minimum Gasteiger partial charge on any atom is -0.441 e. The van der Waals surface area contributed by atoms with E-state index in [4.69, 9.17) is 9.47 Å². The third-order valence-corrected chi connectivity index (χ3v) is 7.02. The zero-order valence-electron chi connectivity index (χ0n) is 19.2. The molecule has 3 fully saturated rings. The van der Waals surface area contributed by atoms with Crippen LogP contribution in [0, 0.1) is 5.82 Å². The van der Waals surface area contributed by atoms with Crippen molar-refractivity contribution >= 4 is 17.7 Å². The minimum atomic E-state index is -0.661. The van der Waals surface area contributed by atoms with Crippen LogP contribution in [0.25, 0.3) is 0 Å². The Morgan fingerprint density at radius 3 is 2.65 bits per heavy atom. The van der Waals surface area contributed by atoms with Gasteiger partial charge in [0.25, 0.3) is 5.91 Å². The molecule has 2 aromatic rings. The molecule has 3 aliphatic heterocycles. The van der Waals surface area contributed by atoms with E-state index in [1.807, 2.05) is 29.2 Å². The summed E-state index contributed by atoms with van der Waals surface area (Å²) in [6.07, 6.45) is 1.51. The van der Waals surface area contributed by atoms with E-state index < -0.39 is 11.7 Å². The van der Waals surface area contributed by atoms with Gasteiger partial charge in [-0.3, -0.25) is 14.6 Å². The number of carbonyl (C=O) groups is 2. The van der Waals surface area contributed by atoms with Crippen LogP contribution in [-0.2, 0) is 16.0 Å². The molecule has 0 N–H and O–H groups in total. The minimum absolute atomic E-state index is 0.0206. The first-order valence-electron chi connectivity index (χ1n) is 12.0. The molecular formula is C26H30FN3O4. The third-order valence-electron chi connectivity index (χ3n) is 7.02. The summed E-state index contributed by atoms with van der Waals surface area (Å²) in [6, 6.07) is 13.8. The van der Waals surface area contributed by atoms with Gasteiger partial charge in [0.15, 0.2) is 0 Å². The van der Waals surface area contributed by atoms with Gasteiger partial charge in [-0.1, -0.05) is 24.3 Å². The Kier molecular flexibility index (Phi) is 6.52. The van der Waals surface area contributed by atoms with Crippen molar-refractivity contribution in [3.05, 3.63) is 65.5 Å². The molecule has 0 aliphatic carbocycles. The fraction of sp³-hybridized carbons (Fsp3) is 0.462. The average molecular weight is 468 g/mol. The molecule has 2 amide bonds. The van der Waals surface area contributed by atoms with Crippen LogP contribution in [0.15, 0.2) is 48.5 Å². The molecule has 34 heavy (non-hydrogen) atoms. The second-order valence-corrected chi connectivity index (χ2v) is 9.31. The molecule has 1 atom stereocenters. The van der Waals surface area contributed by atoms with Crippen molar-refractivity contribution in [1.29, 1.82) is 0 Å². The van der Waals surface area contributed by atoms with Gasteiger partial charge in [0, 0.05) is 44.7 Å². The van der Waals surface area contributed by atoms with Crippen LogP contribution >= 0.6 is 0 Å². The number of morpholine rings is 1. The number of carbonyl (C=O) groups excluding carboxylic acids is 2. The van der Waals surface area contributed by atoms with Gasteiger partial charge in [-0.15, -0.1) is 0 Å². The molecule has 7 nitrogen and oxygen atoms in total. The van der Waals surface area contributed by atoms with E-state index in [2.05, 4.69) is 4.90 Å². The zero-order chi connectivity index (χ0) is 23.5. The van der Waals surface area contributed by atoms with Crippen LogP contribution in [-0.4, -0.2) is 73.3 Å². The van der Waals surface area contributed by atoms with Crippen molar-refractivity contribution in [3.63, 3.8) is 0 Å². The SMILES string of the molecule is O=C(c1ccccc1CN1CCOCC1)N1CCCC2(CC1)CN(c1cccc(F)c1)C(=O)O2. The van der Waals surface area contributed by atoms with Gasteiger partial charge < -0.3 is 14.4 Å². The Bertz CT molecular complexity index is 1060. The fourth-order valence-corrected chi connectivity index (χ4v) is 5.13. The molecule has 3 heterocycles. The number of rotatable bonds is 4. The Morgan fingerprint density at radius 2 is 1.82 bits per heavy atom. The quantitative estimate of drug-likeness (QED) is 0.687. The molecule has 2 aromatic carbocycles. The van der Waals surface area contributed by atoms with Crippen LogP contribution in [0.5, 0.6) is 0 Å². The van der Waals surface area contributed by atoms with Gasteiger partial charge in [-0.05, 0) is 42.7 Å². The Hall–Kier alpha value is -2.97. The van der Waals surface area contributed by atoms with E-state index in [0.29, 0.717) is 38.2 Å². The lowest BCUT2D eigenvalue weighted by atomic mass is 9.95. The van der Waals surface area contributed by atoms with Gasteiger partial charge >= 0.3 is 6.09 Å². The third kappa shape index (κ3) is 4.79. The summed E-state index contributed by atoms with van der Waals surface area (Å²) in [6.45, 7) is 5.38. The number of anilines is 1. The number of nitrogens with zero attached hydrogens (tertiary/aromatic N) is 3. The Labute approximate surface area is 199 Å². The molecule has 0 saturated carbocycles. The van der Waals surface area contributed by atoms with Crippen LogP contribution < -0.4 is 4.90 Å². The van der Waals surface area contributed by atoms with Gasteiger partial charge in [0.05, 0.1) is 25.4 Å². The summed E-state index contributed by atoms with van der Waals surface area (Å²) >= 11 is 0. The summed E-state index contributed by atoms with van der Waals surface area (Å²) < 4.78 is 25.0. The molecule has 180 valence electrons. The largest absolute Gasteiger partial charge is 0.441 e. The maximum absolute atomic E-state index is 13.7. The van der Waals surface area contributed by atoms with Crippen LogP contribution in [0.3, 0.4) is 0 Å². The van der Waals surface area contributed by atoms with Crippen molar-refractivity contribution in [2.75, 3.05) is 50.8 Å². The highest BCUT2D eigenvalue weighted by molar-refractivity contribution is 5.96. The first-order chi connectivity index (χ1) is 16.5. The van der Waals surface area contributed by atoms with E-state index >= 15 is 0 Å². The summed E-state index contributed by atoms with van der Waals surface area (Å²) in [5.41, 5.74) is 1.59. The molecule has 8 heteroatoms. The average Bonchev–Trinajstić information content (AvgIpc) is 3.03. The van der Waals surface area contributed by atoms with Crippen molar-refractivity contribution in [1.82, 2.24) is 9.80 Å². The van der Waals surface area contributed by atoms with Crippen molar-refractivity contribution < 1.29 is 23.5 Å². The molecule has 5 rings (SSSR count). The monoisotopic (exact) mass is 467 g/mol. The Morgan fingerprint density at radius 1 is 1.00 bits per heavy atom. The number of benzene rings is 2. The first kappa shape index (κ1) is 22.8. The van der Waals surface area contributed by atoms with Gasteiger partial charge in [0.2, 0.25) is 0 Å². The maximum atomic E-state index is 13.7. The van der Waals surface area contributed by atoms with Crippen LogP contribution in [0.1, 0.15) is 35.2 Å². The molecule has 0 bridgehead atoms. The molecule has 3 saturated heterocycles. The van der Waals surface area contributed by atoms with Gasteiger partial charge in [0.1, 0.15) is 11.4 Å². The number of amides is 2. The predicted octanol–water partition coefficient (Wildman–Crippen LogP) is 3.68. The summed E-state index contributed by atoms with van der Waals surface area (Å²) in [7, 11) is 0. The smallest absolute Gasteiger partial charge is 0.415 e. The number of likely N-dealkylation sites (tertiary alicyclic amines) is 1. The lowest BCUT2D eigenvalue weighted by Crippen LogP contribution is -2.38. The summed E-state index contributed by atoms with van der Waals surface area (Å²) in [5, 5.41) is 0. The zero-order valence-corrected chi connectivity index (χ0v) is 19.2. The molecule has 1 spiro atoms. The van der Waals surface area contributed by atoms with E-state index in [-0.39, 0.29) is 11.7 Å². The normalized spacial score (nSPS) is 23.7. The standard InChI is InChI=1S/C26H30FN3O4/c27-21-6-3-7-22(17-21)30-19-26(34-25(30)32)9-4-11-29(12-10-26)24(31)23-8-2-1-5-20(23)18-28-13-15-33-16-14-28/h1-3,5-8,17H,4,9-16,18-19H2. The van der Waals surface area contributed by atoms with E-state index in [0.717, 1.165) is 50.4 Å². The van der Waals surface area contributed by atoms with Gasteiger partial charge in [-0.25, -0.2) is 9.18 Å². The molecule has 1 unspecified atom stereocenters. The number of hydrogen-bond donors (Lipinski definition) is 0. The summed E-state index contributed by atoms with van der Waals surface area (Å²) in [5.74, 6) is -0.369. The van der Waals surface area contributed by atoms with E-state index in [1.165, 1.54) is 17.0 Å². The lowest BCUT2D eigenvalue weighted by molar-refractivity contribution is 0.0339. The molecule has 3 aliphatic rings. The Balaban J connectivity index is 1.27. The number of halogens is 1. The fourth-order valence-electron chi connectivity index (χ4n) is 5.13. The number of ether oxygens (including phenoxy) is 2. The van der Waals surface area contributed by atoms with Crippen molar-refractivity contribution in [3.8, 4) is 0 Å².